The molecule has 26 heavy (non-hydrogen) atoms. The quantitative estimate of drug-likeness (QED) is 0.783. The molecule has 1 N–H and O–H groups in total. The van der Waals surface area contributed by atoms with Crippen molar-refractivity contribution < 1.29 is 0 Å². The summed E-state index contributed by atoms with van der Waals surface area (Å²) in [5.74, 6) is 2.30. The van der Waals surface area contributed by atoms with Crippen LogP contribution in [0.2, 0.25) is 0 Å². The van der Waals surface area contributed by atoms with Gasteiger partial charge in [0.1, 0.15) is 11.6 Å². The first-order valence-electron chi connectivity index (χ1n) is 9.31. The lowest BCUT2D eigenvalue weighted by Crippen LogP contribution is -2.29. The van der Waals surface area contributed by atoms with Crippen LogP contribution < -0.4 is 10.2 Å². The number of piperidine rings is 1. The fraction of sp³-hybridized carbons (Fsp3) is 0.381. The van der Waals surface area contributed by atoms with E-state index in [2.05, 4.69) is 57.6 Å². The summed E-state index contributed by atoms with van der Waals surface area (Å²) >= 11 is 0. The summed E-state index contributed by atoms with van der Waals surface area (Å²) in [5.41, 5.74) is 3.43. The van der Waals surface area contributed by atoms with Crippen molar-refractivity contribution in [2.75, 3.05) is 25.0 Å². The van der Waals surface area contributed by atoms with Crippen molar-refractivity contribution in [2.24, 2.45) is 0 Å². The summed E-state index contributed by atoms with van der Waals surface area (Å²) in [5, 5.41) is 4.65. The maximum Gasteiger partial charge on any atom is 0.132 e. The van der Waals surface area contributed by atoms with Crippen LogP contribution in [-0.4, -0.2) is 35.1 Å². The van der Waals surface area contributed by atoms with E-state index in [0.29, 0.717) is 5.92 Å². The summed E-state index contributed by atoms with van der Waals surface area (Å²) in [6.45, 7) is 4.87. The summed E-state index contributed by atoms with van der Waals surface area (Å²) in [6.07, 6.45) is 4.26. The van der Waals surface area contributed by atoms with Gasteiger partial charge in [-0.1, -0.05) is 24.3 Å². The van der Waals surface area contributed by atoms with E-state index in [1.807, 2.05) is 19.2 Å². The number of rotatable bonds is 4. The Kier molecular flexibility index (Phi) is 4.80. The topological polar surface area (TPSA) is 53.9 Å². The summed E-state index contributed by atoms with van der Waals surface area (Å²) in [6, 6.07) is 12.6. The number of nitrogens with zero attached hydrogens (tertiary/aromatic N) is 4. The highest BCUT2D eigenvalue weighted by atomic mass is 15.2. The minimum absolute atomic E-state index is 0.483. The molecular weight excluding hydrogens is 322 g/mol. The monoisotopic (exact) mass is 347 g/mol. The smallest absolute Gasteiger partial charge is 0.132 e. The molecule has 1 saturated heterocycles. The summed E-state index contributed by atoms with van der Waals surface area (Å²) < 4.78 is 0. The molecule has 0 saturated carbocycles. The Morgan fingerprint density at radius 1 is 1.19 bits per heavy atom. The Labute approximate surface area is 154 Å². The maximum atomic E-state index is 4.71. The van der Waals surface area contributed by atoms with Gasteiger partial charge in [-0.05, 0) is 37.9 Å². The molecule has 1 aliphatic rings. The Morgan fingerprint density at radius 2 is 2.08 bits per heavy atom. The largest absolute Gasteiger partial charge is 0.355 e. The molecule has 0 aliphatic carbocycles. The molecule has 0 spiro atoms. The Bertz CT molecular complexity index is 897. The van der Waals surface area contributed by atoms with Crippen LogP contribution in [0.15, 0.2) is 42.6 Å². The van der Waals surface area contributed by atoms with Gasteiger partial charge in [-0.25, -0.2) is 9.97 Å². The van der Waals surface area contributed by atoms with Crippen LogP contribution in [0.5, 0.6) is 0 Å². The van der Waals surface area contributed by atoms with Gasteiger partial charge in [-0.3, -0.25) is 4.98 Å². The third-order valence-electron chi connectivity index (χ3n) is 5.07. The number of fused-ring (bicyclic) bond motifs is 1. The van der Waals surface area contributed by atoms with E-state index >= 15 is 0 Å². The molecule has 5 heteroatoms. The van der Waals surface area contributed by atoms with E-state index in [4.69, 9.17) is 4.98 Å². The van der Waals surface area contributed by atoms with Gasteiger partial charge >= 0.3 is 0 Å². The molecule has 1 aliphatic heterocycles. The van der Waals surface area contributed by atoms with E-state index in [9.17, 15) is 0 Å². The first-order chi connectivity index (χ1) is 12.7. The van der Waals surface area contributed by atoms with Crippen molar-refractivity contribution in [2.45, 2.75) is 32.2 Å². The molecule has 134 valence electrons. The van der Waals surface area contributed by atoms with E-state index in [1.54, 1.807) is 0 Å². The van der Waals surface area contributed by atoms with Crippen molar-refractivity contribution in [3.05, 3.63) is 59.7 Å². The van der Waals surface area contributed by atoms with Crippen molar-refractivity contribution in [1.82, 2.24) is 20.3 Å². The van der Waals surface area contributed by atoms with E-state index < -0.39 is 0 Å². The van der Waals surface area contributed by atoms with Crippen molar-refractivity contribution >= 4 is 16.7 Å². The fourth-order valence-corrected chi connectivity index (χ4v) is 3.71. The second-order valence-corrected chi connectivity index (χ2v) is 7.09. The van der Waals surface area contributed by atoms with Gasteiger partial charge in [-0.2, -0.15) is 0 Å². The second kappa shape index (κ2) is 7.38. The number of para-hydroxylation sites is 1. The zero-order valence-electron chi connectivity index (χ0n) is 15.4. The Hall–Kier alpha value is -2.53. The number of aryl methyl sites for hydroxylation is 1. The molecule has 5 nitrogen and oxygen atoms in total. The number of nitrogens with one attached hydrogen (secondary N) is 1. The predicted octanol–water partition coefficient (Wildman–Crippen LogP) is 3.44. The van der Waals surface area contributed by atoms with Crippen LogP contribution in [0.25, 0.3) is 10.9 Å². The van der Waals surface area contributed by atoms with Crippen LogP contribution in [0, 0.1) is 6.92 Å². The van der Waals surface area contributed by atoms with Crippen LogP contribution in [0.4, 0.5) is 5.82 Å². The Morgan fingerprint density at radius 3 is 2.92 bits per heavy atom. The number of hydrogen-bond donors (Lipinski definition) is 1. The molecular formula is C21H25N5. The van der Waals surface area contributed by atoms with Crippen LogP contribution in [-0.2, 0) is 6.54 Å². The molecule has 1 aromatic carbocycles. The van der Waals surface area contributed by atoms with Crippen LogP contribution in [0.3, 0.4) is 0 Å². The lowest BCUT2D eigenvalue weighted by molar-refractivity contribution is 0.453. The molecule has 1 atom stereocenters. The lowest BCUT2D eigenvalue weighted by atomic mass is 9.96. The van der Waals surface area contributed by atoms with Crippen LogP contribution >= 0.6 is 0 Å². The highest BCUT2D eigenvalue weighted by molar-refractivity contribution is 5.81. The van der Waals surface area contributed by atoms with E-state index in [-0.39, 0.29) is 0 Å². The number of benzene rings is 1. The van der Waals surface area contributed by atoms with Gasteiger partial charge in [0.25, 0.3) is 0 Å². The van der Waals surface area contributed by atoms with Gasteiger partial charge in [0.2, 0.25) is 0 Å². The minimum Gasteiger partial charge on any atom is -0.355 e. The number of anilines is 1. The molecule has 1 fully saturated rings. The molecule has 2 aromatic heterocycles. The molecule has 0 bridgehead atoms. The second-order valence-electron chi connectivity index (χ2n) is 7.09. The third-order valence-corrected chi connectivity index (χ3v) is 5.07. The van der Waals surface area contributed by atoms with Gasteiger partial charge in [0.15, 0.2) is 0 Å². The average molecular weight is 347 g/mol. The standard InChI is InChI=1S/C21H25N5/c1-15-24-19(17-9-4-10-22-13-17)12-20(25-15)26(2)14-18-7-3-6-16-8-5-11-23-21(16)18/h3,5-8,11-12,17,22H,4,9-10,13-14H2,1-2H3/t17-/m1/s1. The molecule has 3 heterocycles. The van der Waals surface area contributed by atoms with Crippen molar-refractivity contribution in [1.29, 1.82) is 0 Å². The summed E-state index contributed by atoms with van der Waals surface area (Å²) in [7, 11) is 2.09. The Balaban J connectivity index is 1.61. The molecule has 0 radical (unpaired) electrons. The molecule has 4 rings (SSSR count). The maximum absolute atomic E-state index is 4.71. The van der Waals surface area contributed by atoms with Gasteiger partial charge in [0, 0.05) is 43.7 Å². The van der Waals surface area contributed by atoms with Crippen molar-refractivity contribution in [3.63, 3.8) is 0 Å². The van der Waals surface area contributed by atoms with Crippen LogP contribution in [0.1, 0.15) is 35.8 Å². The first-order valence-corrected chi connectivity index (χ1v) is 9.31. The molecule has 0 amide bonds. The number of hydrogen-bond acceptors (Lipinski definition) is 5. The van der Waals surface area contributed by atoms with Crippen molar-refractivity contribution in [3.8, 4) is 0 Å². The number of aromatic nitrogens is 3. The highest BCUT2D eigenvalue weighted by Crippen LogP contribution is 2.25. The first kappa shape index (κ1) is 16.9. The third kappa shape index (κ3) is 3.53. The minimum atomic E-state index is 0.483. The fourth-order valence-electron chi connectivity index (χ4n) is 3.71. The zero-order chi connectivity index (χ0) is 17.9. The molecule has 3 aromatic rings. The lowest BCUT2D eigenvalue weighted by Gasteiger charge is -2.25. The highest BCUT2D eigenvalue weighted by Gasteiger charge is 2.19. The predicted molar refractivity (Wildman–Crippen MR) is 105 cm³/mol. The average Bonchev–Trinajstić information content (AvgIpc) is 2.68. The normalized spacial score (nSPS) is 17.4. The zero-order valence-corrected chi connectivity index (χ0v) is 15.4. The molecule has 0 unspecified atom stereocenters. The van der Waals surface area contributed by atoms with Gasteiger partial charge in [0.05, 0.1) is 11.2 Å². The van der Waals surface area contributed by atoms with E-state index in [1.165, 1.54) is 23.8 Å². The van der Waals surface area contributed by atoms with Gasteiger partial charge < -0.3 is 10.2 Å². The summed E-state index contributed by atoms with van der Waals surface area (Å²) in [4.78, 5) is 16.1. The SMILES string of the molecule is Cc1nc([C@@H]2CCCNC2)cc(N(C)Cc2cccc3cccnc23)n1. The van der Waals surface area contributed by atoms with Gasteiger partial charge in [-0.15, -0.1) is 0 Å². The van der Waals surface area contributed by atoms with E-state index in [0.717, 1.165) is 42.5 Å². The number of pyridine rings is 1.